The van der Waals surface area contributed by atoms with Crippen LogP contribution in [0.5, 0.6) is 0 Å². The van der Waals surface area contributed by atoms with Gasteiger partial charge in [-0.25, -0.2) is 9.78 Å². The summed E-state index contributed by atoms with van der Waals surface area (Å²) in [5, 5.41) is 5.90. The third-order valence-electron chi connectivity index (χ3n) is 5.10. The molecule has 0 aromatic carbocycles. The molecule has 1 aromatic heterocycles. The Labute approximate surface area is 140 Å². The number of thiazole rings is 1. The molecule has 1 saturated carbocycles. The molecule has 126 valence electrons. The predicted octanol–water partition coefficient (Wildman–Crippen LogP) is 2.06. The quantitative estimate of drug-likeness (QED) is 0.854. The van der Waals surface area contributed by atoms with E-state index in [0.29, 0.717) is 19.6 Å². The van der Waals surface area contributed by atoms with E-state index in [9.17, 15) is 9.59 Å². The molecule has 2 aliphatic rings. The van der Waals surface area contributed by atoms with Crippen molar-refractivity contribution in [3.05, 3.63) is 16.6 Å². The molecule has 3 rings (SSSR count). The molecule has 0 bridgehead atoms. The van der Waals surface area contributed by atoms with Crippen LogP contribution in [0, 0.1) is 11.3 Å². The molecule has 1 aliphatic heterocycles. The van der Waals surface area contributed by atoms with Crippen molar-refractivity contribution in [1.29, 1.82) is 0 Å². The second kappa shape index (κ2) is 6.86. The Morgan fingerprint density at radius 3 is 3.13 bits per heavy atom. The molecule has 7 heteroatoms. The normalized spacial score (nSPS) is 26.7. The van der Waals surface area contributed by atoms with Gasteiger partial charge in [0, 0.05) is 37.6 Å². The minimum absolute atomic E-state index is 0.0840. The second-order valence-corrected chi connectivity index (χ2v) is 7.36. The van der Waals surface area contributed by atoms with Crippen molar-refractivity contribution in [2.24, 2.45) is 11.3 Å². The number of aromatic nitrogens is 1. The van der Waals surface area contributed by atoms with Gasteiger partial charge in [-0.3, -0.25) is 4.79 Å². The van der Waals surface area contributed by atoms with Gasteiger partial charge >= 0.3 is 12.0 Å². The zero-order chi connectivity index (χ0) is 16.3. The average molecular weight is 337 g/mol. The number of fused-ring (bicyclic) bond motifs is 1. The van der Waals surface area contributed by atoms with Crippen molar-refractivity contribution in [3.8, 4) is 0 Å². The topological polar surface area (TPSA) is 71.5 Å². The summed E-state index contributed by atoms with van der Waals surface area (Å²) < 4.78 is 5.05. The molecule has 23 heavy (non-hydrogen) atoms. The Kier molecular flexibility index (Phi) is 4.84. The van der Waals surface area contributed by atoms with Crippen LogP contribution in [0.25, 0.3) is 0 Å². The fraction of sp³-hybridized carbons (Fsp3) is 0.688. The lowest BCUT2D eigenvalue weighted by molar-refractivity contribution is -0.156. The molecular formula is C16H23N3O3S. The smallest absolute Gasteiger partial charge is 0.317 e. The highest BCUT2D eigenvalue weighted by atomic mass is 32.1. The number of hydrogen-bond acceptors (Lipinski definition) is 5. The van der Waals surface area contributed by atoms with E-state index in [-0.39, 0.29) is 17.9 Å². The third kappa shape index (κ3) is 3.20. The third-order valence-corrected chi connectivity index (χ3v) is 5.94. The summed E-state index contributed by atoms with van der Waals surface area (Å²) in [7, 11) is 1.44. The number of carbonyl (C=O) groups is 2. The maximum absolute atomic E-state index is 12.4. The molecule has 1 saturated heterocycles. The second-order valence-electron chi connectivity index (χ2n) is 6.38. The molecule has 0 unspecified atom stereocenters. The van der Waals surface area contributed by atoms with Gasteiger partial charge in [0.25, 0.3) is 0 Å². The lowest BCUT2D eigenvalue weighted by Crippen LogP contribution is -2.44. The monoisotopic (exact) mass is 337 g/mol. The average Bonchev–Trinajstić information content (AvgIpc) is 3.21. The van der Waals surface area contributed by atoms with Crippen LogP contribution in [0.2, 0.25) is 0 Å². The first-order chi connectivity index (χ1) is 11.2. The number of hydrogen-bond donors (Lipinski definition) is 1. The Hall–Kier alpha value is -1.63. The van der Waals surface area contributed by atoms with E-state index in [1.807, 2.05) is 5.38 Å². The first-order valence-electron chi connectivity index (χ1n) is 8.15. The van der Waals surface area contributed by atoms with Crippen molar-refractivity contribution in [1.82, 2.24) is 15.2 Å². The van der Waals surface area contributed by atoms with E-state index in [2.05, 4.69) is 10.3 Å². The molecule has 0 spiro atoms. The highest BCUT2D eigenvalue weighted by Gasteiger charge is 2.54. The summed E-state index contributed by atoms with van der Waals surface area (Å²) in [6.45, 7) is 1.70. The lowest BCUT2D eigenvalue weighted by atomic mass is 9.68. The van der Waals surface area contributed by atoms with E-state index in [1.54, 1.807) is 22.4 Å². The summed E-state index contributed by atoms with van der Waals surface area (Å²) in [6.07, 6.45) is 6.50. The number of ether oxygens (including phenoxy) is 1. The number of urea groups is 1. The van der Waals surface area contributed by atoms with Crippen LogP contribution in [-0.4, -0.2) is 48.6 Å². The summed E-state index contributed by atoms with van der Waals surface area (Å²) in [6, 6.07) is -0.0840. The Morgan fingerprint density at radius 1 is 1.52 bits per heavy atom. The van der Waals surface area contributed by atoms with Gasteiger partial charge < -0.3 is 15.0 Å². The maximum Gasteiger partial charge on any atom is 0.317 e. The molecule has 6 nitrogen and oxygen atoms in total. The van der Waals surface area contributed by atoms with Gasteiger partial charge in [-0.2, -0.15) is 0 Å². The van der Waals surface area contributed by atoms with E-state index >= 15 is 0 Å². The van der Waals surface area contributed by atoms with Crippen LogP contribution < -0.4 is 5.32 Å². The number of carbonyl (C=O) groups excluding carboxylic acids is 2. The van der Waals surface area contributed by atoms with Gasteiger partial charge in [0.2, 0.25) is 0 Å². The van der Waals surface area contributed by atoms with Crippen LogP contribution in [0.3, 0.4) is 0 Å². The Morgan fingerprint density at radius 2 is 2.39 bits per heavy atom. The highest BCUT2D eigenvalue weighted by molar-refractivity contribution is 7.09. The van der Waals surface area contributed by atoms with E-state index < -0.39 is 5.41 Å². The van der Waals surface area contributed by atoms with E-state index in [0.717, 1.165) is 37.1 Å². The summed E-state index contributed by atoms with van der Waals surface area (Å²) >= 11 is 1.59. The zero-order valence-corrected chi connectivity index (χ0v) is 14.2. The first-order valence-corrected chi connectivity index (χ1v) is 9.03. The van der Waals surface area contributed by atoms with Crippen LogP contribution in [0.15, 0.2) is 11.6 Å². The fourth-order valence-electron chi connectivity index (χ4n) is 3.91. The first kappa shape index (κ1) is 16.2. The van der Waals surface area contributed by atoms with E-state index in [4.69, 9.17) is 4.74 Å². The molecule has 1 aliphatic carbocycles. The number of nitrogens with one attached hydrogen (secondary N) is 1. The van der Waals surface area contributed by atoms with Crippen LogP contribution in [-0.2, 0) is 16.0 Å². The molecule has 2 fully saturated rings. The number of nitrogens with zero attached hydrogens (tertiary/aromatic N) is 2. The highest BCUT2D eigenvalue weighted by Crippen LogP contribution is 2.47. The SMILES string of the molecule is COC(=O)[C@@]12CCCC[C@@H]1CN(C(=O)NCCc1nccs1)C2. The molecule has 1 N–H and O–H groups in total. The summed E-state index contributed by atoms with van der Waals surface area (Å²) in [5.74, 6) is 0.0775. The molecule has 2 amide bonds. The van der Waals surface area contributed by atoms with Gasteiger partial charge in [-0.05, 0) is 18.8 Å². The maximum atomic E-state index is 12.4. The Bertz CT molecular complexity index is 563. The number of amides is 2. The number of rotatable bonds is 4. The standard InChI is InChI=1S/C16H23N3O3S/c1-22-14(20)16-6-3-2-4-12(16)10-19(11-16)15(21)18-7-5-13-17-8-9-23-13/h8-9,12H,2-7,10-11H2,1H3,(H,18,21)/t12-,16-/m1/s1. The number of likely N-dealkylation sites (tertiary alicyclic amines) is 1. The van der Waals surface area contributed by atoms with Crippen molar-refractivity contribution in [2.45, 2.75) is 32.1 Å². The fourth-order valence-corrected chi connectivity index (χ4v) is 4.53. The Balaban J connectivity index is 1.58. The molecule has 2 atom stereocenters. The van der Waals surface area contributed by atoms with Gasteiger partial charge in [0.1, 0.15) is 0 Å². The van der Waals surface area contributed by atoms with Crippen molar-refractivity contribution < 1.29 is 14.3 Å². The minimum Gasteiger partial charge on any atom is -0.469 e. The van der Waals surface area contributed by atoms with Gasteiger partial charge in [0.15, 0.2) is 0 Å². The van der Waals surface area contributed by atoms with Crippen LogP contribution in [0.1, 0.15) is 30.7 Å². The molecule has 2 heterocycles. The molecule has 1 aromatic rings. The van der Waals surface area contributed by atoms with Gasteiger partial charge in [0.05, 0.1) is 17.5 Å². The van der Waals surface area contributed by atoms with Crippen molar-refractivity contribution in [3.63, 3.8) is 0 Å². The van der Waals surface area contributed by atoms with Crippen molar-refractivity contribution >= 4 is 23.3 Å². The van der Waals surface area contributed by atoms with Crippen molar-refractivity contribution in [2.75, 3.05) is 26.7 Å². The van der Waals surface area contributed by atoms with Crippen LogP contribution in [0.4, 0.5) is 4.79 Å². The van der Waals surface area contributed by atoms with Gasteiger partial charge in [-0.15, -0.1) is 11.3 Å². The van der Waals surface area contributed by atoms with Gasteiger partial charge in [-0.1, -0.05) is 12.8 Å². The van der Waals surface area contributed by atoms with Crippen LogP contribution >= 0.6 is 11.3 Å². The number of esters is 1. The zero-order valence-electron chi connectivity index (χ0n) is 13.4. The molecular weight excluding hydrogens is 314 g/mol. The summed E-state index contributed by atoms with van der Waals surface area (Å²) in [5.41, 5.74) is -0.486. The minimum atomic E-state index is -0.486. The largest absolute Gasteiger partial charge is 0.469 e. The van der Waals surface area contributed by atoms with E-state index in [1.165, 1.54) is 7.11 Å². The predicted molar refractivity (Wildman–Crippen MR) is 87.2 cm³/mol. The lowest BCUT2D eigenvalue weighted by Gasteiger charge is -2.35. The summed E-state index contributed by atoms with van der Waals surface area (Å²) in [4.78, 5) is 30.7. The number of methoxy groups -OCH3 is 1. The molecule has 0 radical (unpaired) electrons.